The number of likely N-dealkylation sites (tertiary alicyclic amines) is 1. The molecular weight excluding hydrogens is 314 g/mol. The molecule has 0 spiro atoms. The first-order chi connectivity index (χ1) is 12.3. The molecular formula is C19H19N5O. The van der Waals surface area contributed by atoms with Crippen LogP contribution in [0.15, 0.2) is 61.4 Å². The topological polar surface area (TPSA) is 63.9 Å². The fraction of sp³-hybridized carbons (Fsp3) is 0.263. The molecule has 3 aromatic rings. The number of nitrogens with zero attached hydrogens (tertiary/aromatic N) is 5. The average molecular weight is 333 g/mol. The molecule has 6 heteroatoms. The molecule has 3 aromatic heterocycles. The van der Waals surface area contributed by atoms with E-state index in [1.165, 1.54) is 0 Å². The number of hydrogen-bond acceptors (Lipinski definition) is 4. The van der Waals surface area contributed by atoms with Gasteiger partial charge in [0.1, 0.15) is 12.1 Å². The van der Waals surface area contributed by atoms with Crippen LogP contribution in [-0.4, -0.2) is 43.4 Å². The number of rotatable bonds is 3. The maximum Gasteiger partial charge on any atom is 0.255 e. The van der Waals surface area contributed by atoms with Crippen molar-refractivity contribution in [3.63, 3.8) is 0 Å². The van der Waals surface area contributed by atoms with E-state index in [1.807, 2.05) is 39.9 Å². The zero-order valence-electron chi connectivity index (χ0n) is 13.8. The summed E-state index contributed by atoms with van der Waals surface area (Å²) < 4.78 is 1.89. The fourth-order valence-electron chi connectivity index (χ4n) is 3.28. The third kappa shape index (κ3) is 3.28. The molecule has 0 radical (unpaired) electrons. The van der Waals surface area contributed by atoms with Crippen LogP contribution in [0.25, 0.3) is 5.82 Å². The van der Waals surface area contributed by atoms with Crippen molar-refractivity contribution in [2.75, 3.05) is 13.1 Å². The van der Waals surface area contributed by atoms with E-state index in [9.17, 15) is 4.79 Å². The Morgan fingerprint density at radius 1 is 1.12 bits per heavy atom. The summed E-state index contributed by atoms with van der Waals surface area (Å²) >= 11 is 0. The van der Waals surface area contributed by atoms with Crippen LogP contribution in [0.2, 0.25) is 0 Å². The molecule has 0 aliphatic carbocycles. The molecule has 0 saturated carbocycles. The highest BCUT2D eigenvalue weighted by Crippen LogP contribution is 2.27. The van der Waals surface area contributed by atoms with Crippen molar-refractivity contribution in [2.45, 2.75) is 18.8 Å². The van der Waals surface area contributed by atoms with Gasteiger partial charge in [-0.15, -0.1) is 0 Å². The first kappa shape index (κ1) is 15.5. The second-order valence-corrected chi connectivity index (χ2v) is 6.22. The van der Waals surface area contributed by atoms with Crippen LogP contribution in [0.5, 0.6) is 0 Å². The van der Waals surface area contributed by atoms with Gasteiger partial charge in [-0.3, -0.25) is 14.3 Å². The quantitative estimate of drug-likeness (QED) is 0.739. The molecule has 1 amide bonds. The third-order valence-electron chi connectivity index (χ3n) is 4.56. The second kappa shape index (κ2) is 6.84. The van der Waals surface area contributed by atoms with E-state index in [1.54, 1.807) is 31.0 Å². The lowest BCUT2D eigenvalue weighted by Gasteiger charge is -2.32. The number of piperidine rings is 1. The van der Waals surface area contributed by atoms with Crippen LogP contribution in [0.1, 0.15) is 34.8 Å². The SMILES string of the molecule is O=C(c1cccnc1)N1CCCC(c2cccc(-n3ccnc3)n2)C1. The third-order valence-corrected chi connectivity index (χ3v) is 4.56. The Bertz CT molecular complexity index is 847. The van der Waals surface area contributed by atoms with Gasteiger partial charge in [-0.2, -0.15) is 0 Å². The van der Waals surface area contributed by atoms with Gasteiger partial charge in [-0.1, -0.05) is 6.07 Å². The summed E-state index contributed by atoms with van der Waals surface area (Å²) in [6.45, 7) is 1.47. The molecule has 1 aliphatic rings. The molecule has 6 nitrogen and oxygen atoms in total. The molecule has 1 aliphatic heterocycles. The monoisotopic (exact) mass is 333 g/mol. The standard InChI is InChI=1S/C19H19N5O/c25-19(15-4-2-8-20-12-15)23-10-3-5-16(13-23)17-6-1-7-18(22-17)24-11-9-21-14-24/h1-2,4,6-9,11-12,14,16H,3,5,10,13H2. The molecule has 126 valence electrons. The number of hydrogen-bond donors (Lipinski definition) is 0. The molecule has 1 saturated heterocycles. The lowest BCUT2D eigenvalue weighted by molar-refractivity contribution is 0.0705. The van der Waals surface area contributed by atoms with E-state index < -0.39 is 0 Å². The number of amides is 1. The van der Waals surface area contributed by atoms with Crippen LogP contribution in [0, 0.1) is 0 Å². The number of pyridine rings is 2. The minimum atomic E-state index is 0.0450. The zero-order chi connectivity index (χ0) is 17.1. The smallest absolute Gasteiger partial charge is 0.255 e. The van der Waals surface area contributed by atoms with Crippen molar-refractivity contribution >= 4 is 5.91 Å². The zero-order valence-corrected chi connectivity index (χ0v) is 13.8. The minimum absolute atomic E-state index is 0.0450. The Labute approximate surface area is 146 Å². The first-order valence-electron chi connectivity index (χ1n) is 8.46. The minimum Gasteiger partial charge on any atom is -0.338 e. The predicted molar refractivity (Wildman–Crippen MR) is 93.5 cm³/mol. The molecule has 1 atom stereocenters. The Balaban J connectivity index is 1.54. The summed E-state index contributed by atoms with van der Waals surface area (Å²) in [5, 5.41) is 0. The van der Waals surface area contributed by atoms with Crippen LogP contribution in [0.3, 0.4) is 0 Å². The molecule has 25 heavy (non-hydrogen) atoms. The van der Waals surface area contributed by atoms with Crippen molar-refractivity contribution in [2.24, 2.45) is 0 Å². The van der Waals surface area contributed by atoms with Crippen LogP contribution < -0.4 is 0 Å². The van der Waals surface area contributed by atoms with Crippen LogP contribution in [-0.2, 0) is 0 Å². The van der Waals surface area contributed by atoms with Crippen molar-refractivity contribution in [3.05, 3.63) is 72.7 Å². The van der Waals surface area contributed by atoms with Crippen molar-refractivity contribution in [3.8, 4) is 5.82 Å². The predicted octanol–water partition coefficient (Wildman–Crippen LogP) is 2.68. The largest absolute Gasteiger partial charge is 0.338 e. The van der Waals surface area contributed by atoms with Gasteiger partial charge in [0.15, 0.2) is 0 Å². The van der Waals surface area contributed by atoms with Crippen LogP contribution >= 0.6 is 0 Å². The van der Waals surface area contributed by atoms with Gasteiger partial charge in [0.05, 0.1) is 5.56 Å². The highest BCUT2D eigenvalue weighted by molar-refractivity contribution is 5.94. The maximum atomic E-state index is 12.7. The molecule has 0 bridgehead atoms. The Morgan fingerprint density at radius 3 is 2.88 bits per heavy atom. The van der Waals surface area contributed by atoms with E-state index >= 15 is 0 Å². The molecule has 0 N–H and O–H groups in total. The van der Waals surface area contributed by atoms with Gasteiger partial charge in [-0.25, -0.2) is 9.97 Å². The van der Waals surface area contributed by atoms with Gasteiger partial charge in [0, 0.05) is 49.5 Å². The van der Waals surface area contributed by atoms with Crippen molar-refractivity contribution < 1.29 is 4.79 Å². The summed E-state index contributed by atoms with van der Waals surface area (Å²) in [6.07, 6.45) is 10.7. The highest BCUT2D eigenvalue weighted by atomic mass is 16.2. The Kier molecular flexibility index (Phi) is 4.24. The number of carbonyl (C=O) groups is 1. The van der Waals surface area contributed by atoms with Crippen LogP contribution in [0.4, 0.5) is 0 Å². The van der Waals surface area contributed by atoms with Crippen molar-refractivity contribution in [1.82, 2.24) is 24.4 Å². The fourth-order valence-corrected chi connectivity index (χ4v) is 3.28. The number of carbonyl (C=O) groups excluding carboxylic acids is 1. The second-order valence-electron chi connectivity index (χ2n) is 6.22. The van der Waals surface area contributed by atoms with E-state index in [-0.39, 0.29) is 11.8 Å². The summed E-state index contributed by atoms with van der Waals surface area (Å²) in [7, 11) is 0. The molecule has 4 rings (SSSR count). The summed E-state index contributed by atoms with van der Waals surface area (Å²) in [5.74, 6) is 1.15. The van der Waals surface area contributed by atoms with Crippen molar-refractivity contribution in [1.29, 1.82) is 0 Å². The van der Waals surface area contributed by atoms with Gasteiger partial charge in [0.25, 0.3) is 5.91 Å². The lowest BCUT2D eigenvalue weighted by atomic mass is 9.94. The maximum absolute atomic E-state index is 12.7. The number of aromatic nitrogens is 4. The first-order valence-corrected chi connectivity index (χ1v) is 8.46. The Morgan fingerprint density at radius 2 is 2.08 bits per heavy atom. The summed E-state index contributed by atoms with van der Waals surface area (Å²) in [6, 6.07) is 9.64. The number of imidazole rings is 1. The molecule has 1 fully saturated rings. The molecule has 0 aromatic carbocycles. The Hall–Kier alpha value is -3.02. The summed E-state index contributed by atoms with van der Waals surface area (Å²) in [4.78, 5) is 27.5. The summed E-state index contributed by atoms with van der Waals surface area (Å²) in [5.41, 5.74) is 1.66. The van der Waals surface area contributed by atoms with Gasteiger partial charge >= 0.3 is 0 Å². The van der Waals surface area contributed by atoms with Gasteiger partial charge in [0.2, 0.25) is 0 Å². The van der Waals surface area contributed by atoms with E-state index in [4.69, 9.17) is 4.98 Å². The average Bonchev–Trinajstić information content (AvgIpc) is 3.23. The van der Waals surface area contributed by atoms with Gasteiger partial charge in [-0.05, 0) is 37.1 Å². The normalized spacial score (nSPS) is 17.4. The van der Waals surface area contributed by atoms with E-state index in [0.717, 1.165) is 30.9 Å². The van der Waals surface area contributed by atoms with E-state index in [0.29, 0.717) is 12.1 Å². The lowest BCUT2D eigenvalue weighted by Crippen LogP contribution is -2.39. The van der Waals surface area contributed by atoms with Gasteiger partial charge < -0.3 is 4.90 Å². The molecule has 1 unspecified atom stereocenters. The molecule has 4 heterocycles. The highest BCUT2D eigenvalue weighted by Gasteiger charge is 2.26. The van der Waals surface area contributed by atoms with E-state index in [2.05, 4.69) is 9.97 Å².